The van der Waals surface area contributed by atoms with Gasteiger partial charge in [-0.05, 0) is 48.6 Å². The highest BCUT2D eigenvalue weighted by Gasteiger charge is 2.33. The molecule has 2 aromatic rings. The van der Waals surface area contributed by atoms with E-state index >= 15 is 0 Å². The summed E-state index contributed by atoms with van der Waals surface area (Å²) in [7, 11) is -4.37. The topological polar surface area (TPSA) is 61.9 Å². The zero-order chi connectivity index (χ0) is 22.8. The number of piperazine rings is 1. The fourth-order valence-corrected chi connectivity index (χ4v) is 4.68. The zero-order valence-electron chi connectivity index (χ0n) is 15.7. The number of thiocarbonyl (C=S) groups is 1. The smallest absolute Gasteiger partial charge is 0.387 e. The Hall–Kier alpha value is -2.51. The number of benzene rings is 2. The van der Waals surface area contributed by atoms with Gasteiger partial charge in [0.2, 0.25) is 10.0 Å². The first-order valence-corrected chi connectivity index (χ1v) is 10.7. The molecular formula is C18H16F5N3O3S2. The number of sulfonamides is 1. The van der Waals surface area contributed by atoms with E-state index in [1.807, 2.05) is 0 Å². The van der Waals surface area contributed by atoms with E-state index in [4.69, 9.17) is 12.2 Å². The van der Waals surface area contributed by atoms with E-state index in [1.54, 1.807) is 4.90 Å². The predicted octanol–water partition coefficient (Wildman–Crippen LogP) is 3.41. The van der Waals surface area contributed by atoms with Gasteiger partial charge in [0.05, 0.1) is 0 Å². The molecule has 168 valence electrons. The highest BCUT2D eigenvalue weighted by molar-refractivity contribution is 7.89. The summed E-state index contributed by atoms with van der Waals surface area (Å²) in [4.78, 5) is 0.721. The van der Waals surface area contributed by atoms with Gasteiger partial charge in [-0.3, -0.25) is 0 Å². The van der Waals surface area contributed by atoms with Gasteiger partial charge in [-0.15, -0.1) is 0 Å². The molecule has 1 aliphatic rings. The summed E-state index contributed by atoms with van der Waals surface area (Å²) in [6.07, 6.45) is 0. The van der Waals surface area contributed by atoms with Crippen molar-refractivity contribution >= 4 is 33.0 Å². The average Bonchev–Trinajstić information content (AvgIpc) is 2.73. The third-order valence-electron chi connectivity index (χ3n) is 4.47. The van der Waals surface area contributed by atoms with E-state index in [1.165, 1.54) is 24.3 Å². The van der Waals surface area contributed by atoms with Crippen molar-refractivity contribution in [3.05, 3.63) is 53.8 Å². The van der Waals surface area contributed by atoms with Crippen molar-refractivity contribution in [1.29, 1.82) is 0 Å². The van der Waals surface area contributed by atoms with E-state index in [-0.39, 0.29) is 37.0 Å². The zero-order valence-corrected chi connectivity index (χ0v) is 17.3. The Bertz CT molecular complexity index is 1060. The number of ether oxygens (including phenoxy) is 1. The SMILES string of the molecule is O=S(=O)(c1ccc(F)c(F)c1F)N1CCN(C(=S)Nc2ccc(OC(F)F)cc2)CC1. The van der Waals surface area contributed by atoms with Crippen molar-refractivity contribution in [2.45, 2.75) is 11.5 Å². The van der Waals surface area contributed by atoms with Crippen molar-refractivity contribution in [3.8, 4) is 5.75 Å². The molecule has 0 radical (unpaired) electrons. The molecule has 1 N–H and O–H groups in total. The Morgan fingerprint density at radius 1 is 0.968 bits per heavy atom. The first-order chi connectivity index (χ1) is 14.6. The van der Waals surface area contributed by atoms with E-state index in [0.717, 1.165) is 4.31 Å². The minimum Gasteiger partial charge on any atom is -0.435 e. The molecule has 0 aliphatic carbocycles. The van der Waals surface area contributed by atoms with Crippen molar-refractivity contribution < 1.29 is 35.1 Å². The lowest BCUT2D eigenvalue weighted by Crippen LogP contribution is -2.51. The molecule has 1 aliphatic heterocycles. The first kappa shape index (κ1) is 23.2. The molecule has 13 heteroatoms. The predicted molar refractivity (Wildman–Crippen MR) is 106 cm³/mol. The third-order valence-corrected chi connectivity index (χ3v) is 6.75. The Kier molecular flexibility index (Phi) is 6.96. The molecular weight excluding hydrogens is 465 g/mol. The molecule has 6 nitrogen and oxygen atoms in total. The molecule has 0 bridgehead atoms. The molecule has 0 amide bonds. The molecule has 2 aromatic carbocycles. The lowest BCUT2D eigenvalue weighted by molar-refractivity contribution is -0.0498. The number of alkyl halides is 2. The number of halogens is 5. The van der Waals surface area contributed by atoms with Crippen LogP contribution in [0.15, 0.2) is 41.3 Å². The van der Waals surface area contributed by atoms with Gasteiger partial charge in [0.15, 0.2) is 22.6 Å². The van der Waals surface area contributed by atoms with Gasteiger partial charge in [0.1, 0.15) is 10.6 Å². The van der Waals surface area contributed by atoms with Gasteiger partial charge in [0, 0.05) is 31.9 Å². The standard InChI is InChI=1S/C18H16F5N3O3S2/c19-13-5-6-14(16(21)15(13)20)31(27,28)26-9-7-25(8-10-26)18(30)24-11-1-3-12(4-2-11)29-17(22)23/h1-6,17H,7-10H2,(H,24,30). The third kappa shape index (κ3) is 5.22. The second-order valence-corrected chi connectivity index (χ2v) is 8.69. The minimum atomic E-state index is -4.37. The molecule has 1 fully saturated rings. The number of nitrogens with one attached hydrogen (secondary N) is 1. The molecule has 0 saturated carbocycles. The van der Waals surface area contributed by atoms with Gasteiger partial charge < -0.3 is 15.0 Å². The van der Waals surface area contributed by atoms with Gasteiger partial charge in [-0.1, -0.05) is 0 Å². The van der Waals surface area contributed by atoms with Crippen LogP contribution in [0.2, 0.25) is 0 Å². The second kappa shape index (κ2) is 9.32. The summed E-state index contributed by atoms with van der Waals surface area (Å²) in [6, 6.07) is 6.87. The maximum absolute atomic E-state index is 13.9. The summed E-state index contributed by atoms with van der Waals surface area (Å²) in [5.74, 6) is -5.12. The summed E-state index contributed by atoms with van der Waals surface area (Å²) in [5.41, 5.74) is 0.505. The second-order valence-electron chi connectivity index (χ2n) is 6.40. The lowest BCUT2D eigenvalue weighted by atomic mass is 10.3. The molecule has 0 atom stereocenters. The van der Waals surface area contributed by atoms with Gasteiger partial charge >= 0.3 is 6.61 Å². The van der Waals surface area contributed by atoms with E-state index in [0.29, 0.717) is 17.8 Å². The van der Waals surface area contributed by atoms with Crippen LogP contribution in [0.25, 0.3) is 0 Å². The van der Waals surface area contributed by atoms with Gasteiger partial charge in [-0.2, -0.15) is 13.1 Å². The Balaban J connectivity index is 1.61. The van der Waals surface area contributed by atoms with Crippen LogP contribution in [0, 0.1) is 17.5 Å². The summed E-state index contributed by atoms with van der Waals surface area (Å²) in [5, 5.41) is 3.16. The largest absolute Gasteiger partial charge is 0.435 e. The van der Waals surface area contributed by atoms with Gasteiger partial charge in [-0.25, -0.2) is 21.6 Å². The normalized spacial score (nSPS) is 15.2. The Morgan fingerprint density at radius 3 is 2.16 bits per heavy atom. The van der Waals surface area contributed by atoms with Crippen LogP contribution in [-0.2, 0) is 10.0 Å². The van der Waals surface area contributed by atoms with Gasteiger partial charge in [0.25, 0.3) is 0 Å². The van der Waals surface area contributed by atoms with E-state index in [2.05, 4.69) is 10.1 Å². The number of rotatable bonds is 5. The lowest BCUT2D eigenvalue weighted by Gasteiger charge is -2.35. The van der Waals surface area contributed by atoms with Crippen LogP contribution >= 0.6 is 12.2 Å². The fraction of sp³-hybridized carbons (Fsp3) is 0.278. The Morgan fingerprint density at radius 2 is 1.58 bits per heavy atom. The van der Waals surface area contributed by atoms with Crippen LogP contribution < -0.4 is 10.1 Å². The van der Waals surface area contributed by atoms with E-state index < -0.39 is 39.0 Å². The Labute approximate surface area is 180 Å². The molecule has 1 heterocycles. The van der Waals surface area contributed by atoms with Crippen LogP contribution in [0.1, 0.15) is 0 Å². The monoisotopic (exact) mass is 481 g/mol. The van der Waals surface area contributed by atoms with Crippen molar-refractivity contribution in [1.82, 2.24) is 9.21 Å². The quantitative estimate of drug-likeness (QED) is 0.401. The maximum atomic E-state index is 13.9. The number of anilines is 1. The first-order valence-electron chi connectivity index (χ1n) is 8.84. The molecule has 1 saturated heterocycles. The van der Waals surface area contributed by atoms with E-state index in [9.17, 15) is 30.4 Å². The molecule has 0 aromatic heterocycles. The number of hydrogen-bond donors (Lipinski definition) is 1. The van der Waals surface area contributed by atoms with Crippen LogP contribution in [-0.4, -0.2) is 55.5 Å². The molecule has 0 unspecified atom stereocenters. The van der Waals surface area contributed by atoms with Crippen LogP contribution in [0.3, 0.4) is 0 Å². The minimum absolute atomic E-state index is 0.0187. The van der Waals surface area contributed by atoms with Crippen molar-refractivity contribution in [2.75, 3.05) is 31.5 Å². The fourth-order valence-electron chi connectivity index (χ4n) is 2.90. The average molecular weight is 481 g/mol. The van der Waals surface area contributed by atoms with Crippen molar-refractivity contribution in [3.63, 3.8) is 0 Å². The molecule has 3 rings (SSSR count). The number of hydrogen-bond acceptors (Lipinski definition) is 4. The summed E-state index contributed by atoms with van der Waals surface area (Å²) in [6.45, 7) is -2.76. The molecule has 0 spiro atoms. The van der Waals surface area contributed by atoms with Crippen molar-refractivity contribution in [2.24, 2.45) is 0 Å². The molecule has 31 heavy (non-hydrogen) atoms. The number of nitrogens with zero attached hydrogens (tertiary/aromatic N) is 2. The maximum Gasteiger partial charge on any atom is 0.387 e. The highest BCUT2D eigenvalue weighted by Crippen LogP contribution is 2.24. The summed E-state index contributed by atoms with van der Waals surface area (Å²) < 4.78 is 95.3. The summed E-state index contributed by atoms with van der Waals surface area (Å²) >= 11 is 5.28. The van der Waals surface area contributed by atoms with Crippen LogP contribution in [0.5, 0.6) is 5.75 Å². The highest BCUT2D eigenvalue weighted by atomic mass is 32.2. The van der Waals surface area contributed by atoms with Crippen LogP contribution in [0.4, 0.5) is 27.6 Å².